The Kier molecular flexibility index (Phi) is 6.89. The average molecular weight is 566 g/mol. The molecule has 5 rings (SSSR count). The van der Waals surface area contributed by atoms with Crippen LogP contribution in [0.1, 0.15) is 57.8 Å². The average Bonchev–Trinajstić information content (AvgIpc) is 3.48. The molecule has 13 heteroatoms. The SMILES string of the molecule is CC(=O)OC(OC(=O)C1=C(c2cn3cnc(S(C)(=O)=O)c3s2)[C@H](C)[C@@H]2[C@@H]([C@@H](C)O)C(=O)N12)C1CCCCC1. The van der Waals surface area contributed by atoms with Crippen LogP contribution in [0.15, 0.2) is 23.2 Å². The highest BCUT2D eigenvalue weighted by Crippen LogP contribution is 2.52. The predicted molar refractivity (Wildman–Crippen MR) is 136 cm³/mol. The molecule has 0 radical (unpaired) electrons. The first-order chi connectivity index (χ1) is 17.9. The Hall–Kier alpha value is -2.77. The quantitative estimate of drug-likeness (QED) is 0.304. The Balaban J connectivity index is 1.58. The molecule has 0 aromatic carbocycles. The molecule has 2 aliphatic heterocycles. The van der Waals surface area contributed by atoms with Gasteiger partial charge in [0.1, 0.15) is 16.9 Å². The number of imidazole rings is 1. The van der Waals surface area contributed by atoms with Crippen LogP contribution in [0.25, 0.3) is 10.4 Å². The number of carbonyl (C=O) groups is 3. The summed E-state index contributed by atoms with van der Waals surface area (Å²) in [4.78, 5) is 45.1. The largest absolute Gasteiger partial charge is 0.425 e. The Labute approximate surface area is 224 Å². The number of esters is 2. The molecular weight excluding hydrogens is 534 g/mol. The van der Waals surface area contributed by atoms with Gasteiger partial charge in [-0.3, -0.25) is 14.0 Å². The van der Waals surface area contributed by atoms with E-state index in [2.05, 4.69) is 4.98 Å². The van der Waals surface area contributed by atoms with E-state index in [0.717, 1.165) is 49.7 Å². The number of thiazole rings is 1. The first kappa shape index (κ1) is 26.8. The van der Waals surface area contributed by atoms with Crippen molar-refractivity contribution in [3.63, 3.8) is 0 Å². The maximum atomic E-state index is 13.8. The van der Waals surface area contributed by atoms with Crippen LogP contribution in [0.4, 0.5) is 0 Å². The third-order valence-corrected chi connectivity index (χ3v) is 9.98. The van der Waals surface area contributed by atoms with Gasteiger partial charge in [-0.05, 0) is 19.8 Å². The maximum absolute atomic E-state index is 13.8. The molecule has 1 N–H and O–H groups in total. The molecule has 2 aromatic heterocycles. The van der Waals surface area contributed by atoms with E-state index in [0.29, 0.717) is 15.3 Å². The van der Waals surface area contributed by atoms with Gasteiger partial charge in [0.25, 0.3) is 6.29 Å². The lowest BCUT2D eigenvalue weighted by molar-refractivity contribution is -0.198. The van der Waals surface area contributed by atoms with Crippen LogP contribution in [0.2, 0.25) is 0 Å². The van der Waals surface area contributed by atoms with E-state index in [1.54, 1.807) is 17.5 Å². The number of hydrogen-bond donors (Lipinski definition) is 1. The standard InChI is InChI=1S/C25H31N3O8S2/c1-12-17(16-10-27-11-26-21(23(27)37-16)38(4,33)34)20(28-19(12)18(13(2)29)22(28)31)24(32)36-25(35-14(3)30)15-8-6-5-7-9-15/h10-13,15,18-19,25,29H,5-9H2,1-4H3/t12-,13+,18+,19+,25?/m0/s1. The molecule has 1 amide bonds. The Morgan fingerprint density at radius 1 is 1.21 bits per heavy atom. The van der Waals surface area contributed by atoms with Gasteiger partial charge in [-0.1, -0.05) is 26.2 Å². The summed E-state index contributed by atoms with van der Waals surface area (Å²) < 4.78 is 37.3. The fourth-order valence-electron chi connectivity index (χ4n) is 5.99. The molecule has 2 fully saturated rings. The normalized spacial score (nSPS) is 25.8. The third kappa shape index (κ3) is 4.43. The van der Waals surface area contributed by atoms with Crippen molar-refractivity contribution in [2.75, 3.05) is 6.26 Å². The van der Waals surface area contributed by atoms with Crippen molar-refractivity contribution in [2.45, 2.75) is 76.3 Å². The zero-order valence-corrected chi connectivity index (χ0v) is 23.3. The summed E-state index contributed by atoms with van der Waals surface area (Å²) in [6, 6.07) is -0.462. The van der Waals surface area contributed by atoms with Crippen LogP contribution < -0.4 is 0 Å². The first-order valence-electron chi connectivity index (χ1n) is 12.7. The van der Waals surface area contributed by atoms with Gasteiger partial charge in [0.2, 0.25) is 5.91 Å². The van der Waals surface area contributed by atoms with Gasteiger partial charge in [0.05, 0.1) is 22.9 Å². The van der Waals surface area contributed by atoms with Crippen molar-refractivity contribution in [3.8, 4) is 0 Å². The number of nitrogens with zero attached hydrogens (tertiary/aromatic N) is 3. The number of carbonyl (C=O) groups excluding carboxylic acids is 3. The Morgan fingerprint density at radius 2 is 1.89 bits per heavy atom. The highest BCUT2D eigenvalue weighted by atomic mass is 32.2. The molecule has 0 bridgehead atoms. The van der Waals surface area contributed by atoms with Gasteiger partial charge in [-0.25, -0.2) is 18.2 Å². The highest BCUT2D eigenvalue weighted by Gasteiger charge is 2.60. The number of ether oxygens (including phenoxy) is 2. The van der Waals surface area contributed by atoms with Gasteiger partial charge in [0.15, 0.2) is 14.9 Å². The maximum Gasteiger partial charge on any atom is 0.358 e. The minimum absolute atomic E-state index is 0.0377. The summed E-state index contributed by atoms with van der Waals surface area (Å²) in [6.07, 6.45) is 6.59. The van der Waals surface area contributed by atoms with Gasteiger partial charge in [-0.15, -0.1) is 11.3 Å². The number of sulfone groups is 1. The molecular formula is C25H31N3O8S2. The predicted octanol–water partition coefficient (Wildman–Crippen LogP) is 2.38. The van der Waals surface area contributed by atoms with Crippen LogP contribution in [0.3, 0.4) is 0 Å². The van der Waals surface area contributed by atoms with E-state index in [1.165, 1.54) is 18.2 Å². The molecule has 11 nitrogen and oxygen atoms in total. The van der Waals surface area contributed by atoms with Gasteiger partial charge in [0, 0.05) is 36.8 Å². The molecule has 1 aliphatic carbocycles. The van der Waals surface area contributed by atoms with Gasteiger partial charge < -0.3 is 19.5 Å². The molecule has 38 heavy (non-hydrogen) atoms. The van der Waals surface area contributed by atoms with Crippen molar-refractivity contribution in [1.29, 1.82) is 0 Å². The van der Waals surface area contributed by atoms with Crippen molar-refractivity contribution >= 4 is 49.4 Å². The molecule has 1 unspecified atom stereocenters. The second-order valence-corrected chi connectivity index (χ2v) is 13.4. The third-order valence-electron chi connectivity index (χ3n) is 7.70. The van der Waals surface area contributed by atoms with Crippen LogP contribution >= 0.6 is 11.3 Å². The minimum atomic E-state index is -3.59. The smallest absolute Gasteiger partial charge is 0.358 e. The number of amides is 1. The molecule has 2 aromatic rings. The number of hydrogen-bond acceptors (Lipinski definition) is 10. The van der Waals surface area contributed by atoms with Crippen molar-refractivity contribution in [2.24, 2.45) is 17.8 Å². The molecule has 4 heterocycles. The Morgan fingerprint density at radius 3 is 2.50 bits per heavy atom. The summed E-state index contributed by atoms with van der Waals surface area (Å²) in [7, 11) is -3.59. The summed E-state index contributed by atoms with van der Waals surface area (Å²) in [5, 5.41) is 10.2. The molecule has 0 spiro atoms. The molecule has 5 atom stereocenters. The van der Waals surface area contributed by atoms with Crippen LogP contribution in [-0.2, 0) is 33.7 Å². The fraction of sp³-hybridized carbons (Fsp3) is 0.600. The van der Waals surface area contributed by atoms with E-state index < -0.39 is 46.1 Å². The monoisotopic (exact) mass is 565 g/mol. The Bertz CT molecular complexity index is 1430. The molecule has 1 saturated carbocycles. The van der Waals surface area contributed by atoms with E-state index in [1.807, 2.05) is 6.92 Å². The first-order valence-corrected chi connectivity index (χ1v) is 15.4. The summed E-state index contributed by atoms with van der Waals surface area (Å²) in [5.41, 5.74) is 0.561. The lowest BCUT2D eigenvalue weighted by atomic mass is 9.77. The summed E-state index contributed by atoms with van der Waals surface area (Å²) in [6.45, 7) is 4.67. The fourth-order valence-corrected chi connectivity index (χ4v) is 8.34. The molecule has 3 aliphatic rings. The lowest BCUT2D eigenvalue weighted by Gasteiger charge is -2.46. The van der Waals surface area contributed by atoms with Crippen LogP contribution in [0.5, 0.6) is 0 Å². The lowest BCUT2D eigenvalue weighted by Crippen LogP contribution is -2.63. The molecule has 206 valence electrons. The number of rotatable bonds is 7. The second-order valence-electron chi connectivity index (χ2n) is 10.4. The van der Waals surface area contributed by atoms with Crippen molar-refractivity contribution in [3.05, 3.63) is 23.1 Å². The zero-order valence-electron chi connectivity index (χ0n) is 21.6. The van der Waals surface area contributed by atoms with E-state index >= 15 is 0 Å². The number of aromatic nitrogens is 2. The summed E-state index contributed by atoms with van der Waals surface area (Å²) >= 11 is 1.15. The van der Waals surface area contributed by atoms with Crippen molar-refractivity contribution in [1.82, 2.24) is 14.3 Å². The zero-order chi connectivity index (χ0) is 27.5. The topological polar surface area (TPSA) is 145 Å². The number of fused-ring (bicyclic) bond motifs is 2. The van der Waals surface area contributed by atoms with Gasteiger partial charge >= 0.3 is 11.9 Å². The minimum Gasteiger partial charge on any atom is -0.425 e. The number of β-lactam (4-membered cyclic amide) rings is 1. The van der Waals surface area contributed by atoms with E-state index in [9.17, 15) is 27.9 Å². The van der Waals surface area contributed by atoms with Crippen LogP contribution in [-0.4, -0.2) is 70.3 Å². The number of aliphatic hydroxyl groups excluding tert-OH is 1. The second kappa shape index (κ2) is 9.76. The summed E-state index contributed by atoms with van der Waals surface area (Å²) in [5.74, 6) is -2.92. The van der Waals surface area contributed by atoms with Crippen molar-refractivity contribution < 1.29 is 37.4 Å². The highest BCUT2D eigenvalue weighted by molar-refractivity contribution is 7.91. The van der Waals surface area contributed by atoms with E-state index in [-0.39, 0.29) is 28.5 Å². The molecule has 1 saturated heterocycles. The van der Waals surface area contributed by atoms with Crippen LogP contribution in [0, 0.1) is 17.8 Å². The van der Waals surface area contributed by atoms with E-state index in [4.69, 9.17) is 9.47 Å². The van der Waals surface area contributed by atoms with Gasteiger partial charge in [-0.2, -0.15) is 0 Å². The number of aliphatic hydroxyl groups is 1.